The lowest BCUT2D eigenvalue weighted by Gasteiger charge is -2.18. The Hall–Kier alpha value is -2.14. The zero-order valence-electron chi connectivity index (χ0n) is 11.4. The van der Waals surface area contributed by atoms with Crippen LogP contribution in [0.5, 0.6) is 0 Å². The van der Waals surface area contributed by atoms with Gasteiger partial charge in [0.25, 0.3) is 5.56 Å². The number of fused-ring (bicyclic) bond motifs is 1. The van der Waals surface area contributed by atoms with Gasteiger partial charge in [-0.05, 0) is 19.1 Å². The van der Waals surface area contributed by atoms with E-state index in [1.54, 1.807) is 10.5 Å². The van der Waals surface area contributed by atoms with Gasteiger partial charge < -0.3 is 4.90 Å². The molecule has 2 aromatic heterocycles. The van der Waals surface area contributed by atoms with Crippen molar-refractivity contribution in [3.63, 3.8) is 0 Å². The molecule has 0 fully saturated rings. The molecule has 5 heteroatoms. The zero-order chi connectivity index (χ0) is 14.1. The lowest BCUT2D eigenvalue weighted by atomic mass is 10.3. The van der Waals surface area contributed by atoms with Crippen molar-refractivity contribution in [3.05, 3.63) is 63.5 Å². The summed E-state index contributed by atoms with van der Waals surface area (Å²) >= 11 is 1.50. The van der Waals surface area contributed by atoms with Gasteiger partial charge in [-0.1, -0.05) is 18.2 Å². The van der Waals surface area contributed by atoms with E-state index in [0.717, 1.165) is 22.0 Å². The topological polar surface area (TPSA) is 37.6 Å². The Balaban J connectivity index is 1.94. The fourth-order valence-electron chi connectivity index (χ4n) is 2.20. The number of aromatic nitrogens is 2. The summed E-state index contributed by atoms with van der Waals surface area (Å²) in [7, 11) is 2.00. The van der Waals surface area contributed by atoms with E-state index in [4.69, 9.17) is 0 Å². The number of hydrogen-bond donors (Lipinski definition) is 0. The van der Waals surface area contributed by atoms with Crippen LogP contribution in [0.15, 0.2) is 46.6 Å². The van der Waals surface area contributed by atoms with E-state index in [1.165, 1.54) is 11.3 Å². The van der Waals surface area contributed by atoms with Crippen LogP contribution in [0.25, 0.3) is 4.96 Å². The molecule has 0 unspecified atom stereocenters. The van der Waals surface area contributed by atoms with E-state index < -0.39 is 0 Å². The van der Waals surface area contributed by atoms with Gasteiger partial charge in [0.2, 0.25) is 0 Å². The molecule has 0 amide bonds. The summed E-state index contributed by atoms with van der Waals surface area (Å²) in [5, 5.41) is 1.95. The number of para-hydroxylation sites is 1. The molecule has 102 valence electrons. The van der Waals surface area contributed by atoms with E-state index in [0.29, 0.717) is 6.54 Å². The van der Waals surface area contributed by atoms with Crippen LogP contribution in [0.3, 0.4) is 0 Å². The molecule has 3 aromatic rings. The van der Waals surface area contributed by atoms with E-state index in [2.05, 4.69) is 9.88 Å². The highest BCUT2D eigenvalue weighted by molar-refractivity contribution is 7.15. The standard InChI is InChI=1S/C15H15N3OS/c1-11-10-20-15-16-12(8-14(19)18(11)15)9-17(2)13-6-4-3-5-7-13/h3-8,10H,9H2,1-2H3. The SMILES string of the molecule is Cc1csc2nc(CN(C)c3ccccc3)cc(=O)n12. The summed E-state index contributed by atoms with van der Waals surface area (Å²) < 4.78 is 1.65. The molecule has 0 radical (unpaired) electrons. The third-order valence-corrected chi connectivity index (χ3v) is 4.17. The van der Waals surface area contributed by atoms with Gasteiger partial charge in [0.1, 0.15) is 0 Å². The second-order valence-electron chi connectivity index (χ2n) is 4.77. The molecule has 0 bridgehead atoms. The summed E-state index contributed by atoms with van der Waals surface area (Å²) in [6.07, 6.45) is 0. The van der Waals surface area contributed by atoms with Crippen LogP contribution in [-0.4, -0.2) is 16.4 Å². The number of rotatable bonds is 3. The third-order valence-electron chi connectivity index (χ3n) is 3.22. The molecule has 0 aliphatic carbocycles. The minimum absolute atomic E-state index is 0.00906. The summed E-state index contributed by atoms with van der Waals surface area (Å²) in [5.41, 5.74) is 2.83. The molecule has 3 rings (SSSR count). The summed E-state index contributed by atoms with van der Waals surface area (Å²) in [5.74, 6) is 0. The Kier molecular flexibility index (Phi) is 3.28. The van der Waals surface area contributed by atoms with Gasteiger partial charge >= 0.3 is 0 Å². The third kappa shape index (κ3) is 2.32. The van der Waals surface area contributed by atoms with Crippen molar-refractivity contribution >= 4 is 22.0 Å². The number of benzene rings is 1. The second-order valence-corrected chi connectivity index (χ2v) is 5.61. The van der Waals surface area contributed by atoms with Crippen molar-refractivity contribution in [1.82, 2.24) is 9.38 Å². The minimum atomic E-state index is -0.00906. The van der Waals surface area contributed by atoms with Crippen molar-refractivity contribution in [2.45, 2.75) is 13.5 Å². The Bertz CT molecular complexity index is 792. The summed E-state index contributed by atoms with van der Waals surface area (Å²) in [4.78, 5) is 19.5. The van der Waals surface area contributed by atoms with Crippen molar-refractivity contribution < 1.29 is 0 Å². The molecular weight excluding hydrogens is 270 g/mol. The zero-order valence-corrected chi connectivity index (χ0v) is 12.2. The molecular formula is C15H15N3OS. The average Bonchev–Trinajstić information content (AvgIpc) is 2.81. The first-order valence-corrected chi connectivity index (χ1v) is 7.26. The largest absolute Gasteiger partial charge is 0.369 e. The predicted octanol–water partition coefficient (Wildman–Crippen LogP) is 2.70. The van der Waals surface area contributed by atoms with Gasteiger partial charge in [0.15, 0.2) is 4.96 Å². The Morgan fingerprint density at radius 1 is 1.30 bits per heavy atom. The number of thiazole rings is 1. The highest BCUT2D eigenvalue weighted by Gasteiger charge is 2.08. The van der Waals surface area contributed by atoms with E-state index in [1.807, 2.05) is 49.7 Å². The highest BCUT2D eigenvalue weighted by Crippen LogP contribution is 2.15. The van der Waals surface area contributed by atoms with Crippen molar-refractivity contribution in [2.24, 2.45) is 0 Å². The van der Waals surface area contributed by atoms with Crippen molar-refractivity contribution in [1.29, 1.82) is 0 Å². The molecule has 2 heterocycles. The smallest absolute Gasteiger partial charge is 0.259 e. The predicted molar refractivity (Wildman–Crippen MR) is 82.6 cm³/mol. The van der Waals surface area contributed by atoms with E-state index >= 15 is 0 Å². The maximum atomic E-state index is 12.1. The monoisotopic (exact) mass is 285 g/mol. The van der Waals surface area contributed by atoms with Gasteiger partial charge in [-0.2, -0.15) is 0 Å². The first kappa shape index (κ1) is 12.9. The summed E-state index contributed by atoms with van der Waals surface area (Å²) in [6.45, 7) is 2.54. The van der Waals surface area contributed by atoms with Crippen LogP contribution in [0.2, 0.25) is 0 Å². The molecule has 1 aromatic carbocycles. The van der Waals surface area contributed by atoms with Crippen LogP contribution in [0.4, 0.5) is 5.69 Å². The normalized spacial score (nSPS) is 10.9. The van der Waals surface area contributed by atoms with Crippen molar-refractivity contribution in [2.75, 3.05) is 11.9 Å². The van der Waals surface area contributed by atoms with Crippen LogP contribution in [0.1, 0.15) is 11.4 Å². The summed E-state index contributed by atoms with van der Waals surface area (Å²) in [6, 6.07) is 11.7. The maximum Gasteiger partial charge on any atom is 0.259 e. The van der Waals surface area contributed by atoms with E-state index in [9.17, 15) is 4.79 Å². The number of hydrogen-bond acceptors (Lipinski definition) is 4. The van der Waals surface area contributed by atoms with Crippen molar-refractivity contribution in [3.8, 4) is 0 Å². The Morgan fingerprint density at radius 3 is 2.80 bits per heavy atom. The first-order chi connectivity index (χ1) is 9.65. The molecule has 0 aliphatic heterocycles. The molecule has 0 atom stereocenters. The minimum Gasteiger partial charge on any atom is -0.369 e. The fraction of sp³-hybridized carbons (Fsp3) is 0.200. The number of anilines is 1. The quantitative estimate of drug-likeness (QED) is 0.742. The Morgan fingerprint density at radius 2 is 2.05 bits per heavy atom. The highest BCUT2D eigenvalue weighted by atomic mass is 32.1. The van der Waals surface area contributed by atoms with Crippen LogP contribution in [-0.2, 0) is 6.54 Å². The lowest BCUT2D eigenvalue weighted by molar-refractivity contribution is 0.871. The Labute approximate surface area is 120 Å². The number of aryl methyl sites for hydroxylation is 1. The number of nitrogens with zero attached hydrogens (tertiary/aromatic N) is 3. The molecule has 0 saturated heterocycles. The first-order valence-electron chi connectivity index (χ1n) is 6.38. The van der Waals surface area contributed by atoms with Gasteiger partial charge in [-0.3, -0.25) is 9.20 Å². The fourth-order valence-corrected chi connectivity index (χ4v) is 3.09. The van der Waals surface area contributed by atoms with Crippen LogP contribution < -0.4 is 10.5 Å². The molecule has 20 heavy (non-hydrogen) atoms. The van der Waals surface area contributed by atoms with Gasteiger partial charge in [-0.15, -0.1) is 11.3 Å². The second kappa shape index (κ2) is 5.09. The molecule has 0 N–H and O–H groups in total. The average molecular weight is 285 g/mol. The van der Waals surface area contributed by atoms with E-state index in [-0.39, 0.29) is 5.56 Å². The van der Waals surface area contributed by atoms with Gasteiger partial charge in [-0.25, -0.2) is 4.98 Å². The molecule has 4 nitrogen and oxygen atoms in total. The molecule has 0 spiro atoms. The van der Waals surface area contributed by atoms with Crippen LogP contribution in [0, 0.1) is 6.92 Å². The van der Waals surface area contributed by atoms with Gasteiger partial charge in [0.05, 0.1) is 12.2 Å². The lowest BCUT2D eigenvalue weighted by Crippen LogP contribution is -2.21. The maximum absolute atomic E-state index is 12.1. The van der Waals surface area contributed by atoms with Gasteiger partial charge in [0, 0.05) is 29.9 Å². The molecule has 0 saturated carbocycles. The van der Waals surface area contributed by atoms with Crippen LogP contribution >= 0.6 is 11.3 Å². The molecule has 0 aliphatic rings.